The van der Waals surface area contributed by atoms with Gasteiger partial charge in [-0.25, -0.2) is 19.8 Å². The fourth-order valence-electron chi connectivity index (χ4n) is 9.87. The van der Waals surface area contributed by atoms with Crippen LogP contribution in [0.5, 0.6) is 0 Å². The molecule has 4 heteroatoms. The van der Waals surface area contributed by atoms with Gasteiger partial charge in [-0.2, -0.15) is 0 Å². The van der Waals surface area contributed by atoms with Gasteiger partial charge in [0.25, 0.3) is 0 Å². The molecule has 12 rings (SSSR count). The van der Waals surface area contributed by atoms with Crippen molar-refractivity contribution in [1.29, 1.82) is 0 Å². The van der Waals surface area contributed by atoms with Crippen LogP contribution in [0.3, 0.4) is 0 Å². The minimum atomic E-state index is -0.473. The number of hydrogen-bond donors (Lipinski definition) is 0. The van der Waals surface area contributed by atoms with E-state index in [-0.39, 0.29) is 0 Å². The van der Waals surface area contributed by atoms with Gasteiger partial charge in [-0.3, -0.25) is 0 Å². The summed E-state index contributed by atoms with van der Waals surface area (Å²) in [5.74, 6) is 1.84. The first-order valence-corrected chi connectivity index (χ1v) is 21.2. The average molecular weight is 801 g/mol. The van der Waals surface area contributed by atoms with Crippen molar-refractivity contribution in [2.75, 3.05) is 0 Å². The molecule has 0 bridgehead atoms. The number of aromatic nitrogens is 3. The number of nitrogens with zero attached hydrogens (tertiary/aromatic N) is 4. The molecular weight excluding hydrogens is 765 g/mol. The van der Waals surface area contributed by atoms with E-state index in [0.717, 1.165) is 50.1 Å². The second kappa shape index (κ2) is 14.6. The Balaban J connectivity index is 0.941. The summed E-state index contributed by atoms with van der Waals surface area (Å²) in [6.07, 6.45) is 0. The second-order valence-corrected chi connectivity index (χ2v) is 16.2. The highest BCUT2D eigenvalue weighted by Crippen LogP contribution is 2.63. The van der Waals surface area contributed by atoms with Crippen molar-refractivity contribution in [3.63, 3.8) is 0 Å². The maximum atomic E-state index is 7.93. The molecular formula is C59H36N4. The number of hydrogen-bond acceptors (Lipinski definition) is 3. The Bertz CT molecular complexity index is 3390. The molecule has 0 N–H and O–H groups in total. The van der Waals surface area contributed by atoms with Crippen molar-refractivity contribution >= 4 is 5.69 Å². The molecule has 9 aromatic carbocycles. The molecule has 0 fully saturated rings. The lowest BCUT2D eigenvalue weighted by molar-refractivity contribution is 0.794. The van der Waals surface area contributed by atoms with Crippen LogP contribution in [0.1, 0.15) is 22.3 Å². The van der Waals surface area contributed by atoms with Crippen molar-refractivity contribution in [3.05, 3.63) is 252 Å². The zero-order valence-electron chi connectivity index (χ0n) is 34.1. The van der Waals surface area contributed by atoms with E-state index in [2.05, 4.69) is 181 Å². The summed E-state index contributed by atoms with van der Waals surface area (Å²) >= 11 is 0. The molecule has 0 aliphatic heterocycles. The maximum absolute atomic E-state index is 7.93. The lowest BCUT2D eigenvalue weighted by Gasteiger charge is -2.30. The van der Waals surface area contributed by atoms with Gasteiger partial charge in [0.05, 0.1) is 12.0 Å². The van der Waals surface area contributed by atoms with Crippen LogP contribution in [0.15, 0.2) is 218 Å². The van der Waals surface area contributed by atoms with E-state index >= 15 is 0 Å². The van der Waals surface area contributed by atoms with Gasteiger partial charge in [0, 0.05) is 16.7 Å². The highest BCUT2D eigenvalue weighted by molar-refractivity contribution is 5.97. The largest absolute Gasteiger partial charge is 0.238 e. The first-order chi connectivity index (χ1) is 31.2. The maximum Gasteiger partial charge on any atom is 0.187 e. The van der Waals surface area contributed by atoms with Gasteiger partial charge < -0.3 is 0 Å². The Morgan fingerprint density at radius 3 is 1.25 bits per heavy atom. The molecule has 0 unspecified atom stereocenters. The summed E-state index contributed by atoms with van der Waals surface area (Å²) < 4.78 is 0. The topological polar surface area (TPSA) is 43.0 Å². The number of fused-ring (bicyclic) bond motifs is 10. The minimum absolute atomic E-state index is 0.473. The van der Waals surface area contributed by atoms with Gasteiger partial charge >= 0.3 is 0 Å². The summed E-state index contributed by atoms with van der Waals surface area (Å²) in [5.41, 5.74) is 19.5. The standard InChI is InChI=1S/C59H36N4/c1-60-47-32-34-55-51(37-47)50-36-45(31-33-54(50)59(55)52-21-10-8-19-48(52)49-20-9-11-22-53(49)59)44-17-12-18-46(35-44)58-62-56(42-15-6-3-7-16-42)61-57(63-58)43-29-27-41(28-30-43)40-25-23-39(24-26-40)38-13-4-2-5-14-38/h2-37H. The summed E-state index contributed by atoms with van der Waals surface area (Å²) in [4.78, 5) is 19.1. The van der Waals surface area contributed by atoms with Gasteiger partial charge in [0.1, 0.15) is 0 Å². The van der Waals surface area contributed by atoms with Crippen LogP contribution in [-0.2, 0) is 5.41 Å². The summed E-state index contributed by atoms with van der Waals surface area (Å²) in [5, 5.41) is 0. The molecule has 10 aromatic rings. The van der Waals surface area contributed by atoms with Crippen molar-refractivity contribution < 1.29 is 0 Å². The van der Waals surface area contributed by atoms with Crippen LogP contribution in [0, 0.1) is 6.57 Å². The van der Waals surface area contributed by atoms with Gasteiger partial charge in [0.15, 0.2) is 23.2 Å². The third-order valence-electron chi connectivity index (χ3n) is 12.8. The van der Waals surface area contributed by atoms with E-state index in [4.69, 9.17) is 21.5 Å². The molecule has 292 valence electrons. The predicted octanol–water partition coefficient (Wildman–Crippen LogP) is 14.8. The Morgan fingerprint density at radius 1 is 0.286 bits per heavy atom. The molecule has 0 saturated heterocycles. The lowest BCUT2D eigenvalue weighted by atomic mass is 9.70. The quantitative estimate of drug-likeness (QED) is 0.157. The molecule has 0 radical (unpaired) electrons. The zero-order chi connectivity index (χ0) is 41.9. The average Bonchev–Trinajstić information content (AvgIpc) is 3.83. The lowest BCUT2D eigenvalue weighted by Crippen LogP contribution is -2.25. The molecule has 4 nitrogen and oxygen atoms in total. The van der Waals surface area contributed by atoms with Crippen molar-refractivity contribution in [2.45, 2.75) is 5.41 Å². The van der Waals surface area contributed by atoms with Gasteiger partial charge in [0.2, 0.25) is 0 Å². The fourth-order valence-corrected chi connectivity index (χ4v) is 9.87. The van der Waals surface area contributed by atoms with E-state index in [9.17, 15) is 0 Å². The molecule has 1 aromatic heterocycles. The minimum Gasteiger partial charge on any atom is -0.238 e. The molecule has 2 aliphatic rings. The van der Waals surface area contributed by atoms with Crippen molar-refractivity contribution in [2.24, 2.45) is 0 Å². The highest BCUT2D eigenvalue weighted by atomic mass is 15.0. The summed E-state index contributed by atoms with van der Waals surface area (Å²) in [6, 6.07) is 76.9. The third kappa shape index (κ3) is 5.86. The zero-order valence-corrected chi connectivity index (χ0v) is 34.1. The molecule has 0 amide bonds. The number of benzene rings is 9. The second-order valence-electron chi connectivity index (χ2n) is 16.2. The monoisotopic (exact) mass is 800 g/mol. The van der Waals surface area contributed by atoms with Gasteiger partial charge in [-0.05, 0) is 96.1 Å². The van der Waals surface area contributed by atoms with Crippen LogP contribution in [0.2, 0.25) is 0 Å². The Kier molecular flexibility index (Phi) is 8.42. The number of rotatable bonds is 6. The fraction of sp³-hybridized carbons (Fsp3) is 0.0169. The summed E-state index contributed by atoms with van der Waals surface area (Å²) in [6.45, 7) is 7.93. The van der Waals surface area contributed by atoms with Crippen LogP contribution in [0.25, 0.3) is 94.6 Å². The van der Waals surface area contributed by atoms with Crippen molar-refractivity contribution in [3.8, 4) is 89.8 Å². The molecule has 2 aliphatic carbocycles. The predicted molar refractivity (Wildman–Crippen MR) is 255 cm³/mol. The van der Waals surface area contributed by atoms with E-state index < -0.39 is 5.41 Å². The SMILES string of the molecule is [C-]#[N+]c1ccc2c(c1)-c1cc(-c3cccc(-c4nc(-c5ccccc5)nc(-c5ccc(-c6ccc(-c7ccccc7)cc6)cc5)n4)c3)ccc1C21c2ccccc2-c2ccccc21. The van der Waals surface area contributed by atoms with Crippen LogP contribution in [0.4, 0.5) is 5.69 Å². The van der Waals surface area contributed by atoms with Crippen LogP contribution < -0.4 is 0 Å². The van der Waals surface area contributed by atoms with Gasteiger partial charge in [-0.15, -0.1) is 0 Å². The Labute approximate surface area is 366 Å². The third-order valence-corrected chi connectivity index (χ3v) is 12.8. The Hall–Kier alpha value is -8.52. The van der Waals surface area contributed by atoms with E-state index in [0.29, 0.717) is 23.2 Å². The van der Waals surface area contributed by atoms with E-state index in [1.165, 1.54) is 44.5 Å². The van der Waals surface area contributed by atoms with Crippen LogP contribution >= 0.6 is 0 Å². The highest BCUT2D eigenvalue weighted by Gasteiger charge is 2.51. The first-order valence-electron chi connectivity index (χ1n) is 21.2. The smallest absolute Gasteiger partial charge is 0.187 e. The summed E-state index contributed by atoms with van der Waals surface area (Å²) in [7, 11) is 0. The Morgan fingerprint density at radius 2 is 0.667 bits per heavy atom. The molecule has 0 saturated carbocycles. The van der Waals surface area contributed by atoms with Crippen LogP contribution in [-0.4, -0.2) is 15.0 Å². The molecule has 0 atom stereocenters. The molecule has 1 spiro atoms. The van der Waals surface area contributed by atoms with Gasteiger partial charge in [-0.1, -0.05) is 200 Å². The normalized spacial score (nSPS) is 12.6. The molecule has 1 heterocycles. The van der Waals surface area contributed by atoms with E-state index in [1.54, 1.807) is 0 Å². The van der Waals surface area contributed by atoms with Crippen molar-refractivity contribution in [1.82, 2.24) is 15.0 Å². The molecule has 63 heavy (non-hydrogen) atoms. The first kappa shape index (κ1) is 36.3. The van der Waals surface area contributed by atoms with E-state index in [1.807, 2.05) is 42.5 Å².